The molecule has 0 saturated heterocycles. The molecule has 8 heteroatoms. The van der Waals surface area contributed by atoms with Gasteiger partial charge >= 0.3 is 0 Å². The molecule has 2 rings (SSSR count). The van der Waals surface area contributed by atoms with Gasteiger partial charge < -0.3 is 20.1 Å². The molecular weight excluding hydrogens is 411 g/mol. The number of halogens is 1. The first-order valence-electron chi connectivity index (χ1n) is 6.86. The summed E-state index contributed by atoms with van der Waals surface area (Å²) in [6.45, 7) is 0.973. The average molecular weight is 428 g/mol. The van der Waals surface area contributed by atoms with E-state index in [0.717, 1.165) is 3.57 Å². The van der Waals surface area contributed by atoms with Gasteiger partial charge in [0.05, 0.1) is 19.8 Å². The first-order valence-corrected chi connectivity index (χ1v) is 7.94. The molecule has 1 amide bonds. The standard InChI is InChI=1S/C15H17IN4O3/c1-22-12-8-10(11(16)9-13(12)23-2)14(21)17-6-7-20-15-18-4-3-5-19-15/h3-5,8-9H,6-7H2,1-2H3,(H,17,21)(H,18,19,20). The lowest BCUT2D eigenvalue weighted by Gasteiger charge is -2.12. The van der Waals surface area contributed by atoms with E-state index in [1.54, 1.807) is 37.7 Å². The van der Waals surface area contributed by atoms with Gasteiger partial charge in [0, 0.05) is 29.1 Å². The van der Waals surface area contributed by atoms with Crippen molar-refractivity contribution in [1.82, 2.24) is 15.3 Å². The predicted octanol–water partition coefficient (Wildman–Crippen LogP) is 1.94. The van der Waals surface area contributed by atoms with Crippen LogP contribution in [0.4, 0.5) is 5.95 Å². The van der Waals surface area contributed by atoms with Crippen LogP contribution in [0.25, 0.3) is 0 Å². The van der Waals surface area contributed by atoms with Crippen molar-refractivity contribution in [3.05, 3.63) is 39.7 Å². The highest BCUT2D eigenvalue weighted by molar-refractivity contribution is 14.1. The third kappa shape index (κ3) is 4.68. The van der Waals surface area contributed by atoms with Crippen molar-refractivity contribution in [2.24, 2.45) is 0 Å². The number of nitrogens with zero attached hydrogens (tertiary/aromatic N) is 2. The van der Waals surface area contributed by atoms with Crippen LogP contribution < -0.4 is 20.1 Å². The highest BCUT2D eigenvalue weighted by Gasteiger charge is 2.15. The number of rotatable bonds is 7. The summed E-state index contributed by atoms with van der Waals surface area (Å²) in [6.07, 6.45) is 3.31. The summed E-state index contributed by atoms with van der Waals surface area (Å²) in [7, 11) is 3.10. The Labute approximate surface area is 148 Å². The molecule has 1 aromatic heterocycles. The van der Waals surface area contributed by atoms with Gasteiger partial charge in [-0.3, -0.25) is 4.79 Å². The summed E-state index contributed by atoms with van der Waals surface area (Å²) in [5, 5.41) is 5.86. The zero-order chi connectivity index (χ0) is 16.7. The SMILES string of the molecule is COc1cc(I)c(C(=O)NCCNc2ncccn2)cc1OC. The molecular formula is C15H17IN4O3. The number of benzene rings is 1. The second kappa shape index (κ2) is 8.51. The van der Waals surface area contributed by atoms with Crippen molar-refractivity contribution >= 4 is 34.4 Å². The summed E-state index contributed by atoms with van der Waals surface area (Å²) >= 11 is 2.10. The maximum Gasteiger partial charge on any atom is 0.252 e. The molecule has 2 N–H and O–H groups in total. The molecule has 0 aliphatic carbocycles. The number of methoxy groups -OCH3 is 2. The van der Waals surface area contributed by atoms with Crippen molar-refractivity contribution in [3.63, 3.8) is 0 Å². The minimum absolute atomic E-state index is 0.175. The van der Waals surface area contributed by atoms with Gasteiger partial charge in [-0.2, -0.15) is 0 Å². The number of hydrogen-bond donors (Lipinski definition) is 2. The van der Waals surface area contributed by atoms with Gasteiger partial charge in [-0.05, 0) is 40.8 Å². The molecule has 0 saturated carbocycles. The summed E-state index contributed by atoms with van der Waals surface area (Å²) in [6, 6.07) is 5.18. The molecule has 0 aliphatic heterocycles. The second-order valence-electron chi connectivity index (χ2n) is 4.44. The van der Waals surface area contributed by atoms with Gasteiger partial charge in [0.2, 0.25) is 5.95 Å². The van der Waals surface area contributed by atoms with Crippen molar-refractivity contribution < 1.29 is 14.3 Å². The Bertz CT molecular complexity index is 667. The number of amides is 1. The molecule has 0 aliphatic rings. The van der Waals surface area contributed by atoms with Gasteiger partial charge in [-0.25, -0.2) is 9.97 Å². The number of ether oxygens (including phenoxy) is 2. The van der Waals surface area contributed by atoms with Crippen molar-refractivity contribution in [2.75, 3.05) is 32.6 Å². The average Bonchev–Trinajstić information content (AvgIpc) is 2.59. The number of aromatic nitrogens is 2. The van der Waals surface area contributed by atoms with Gasteiger partial charge in [0.25, 0.3) is 5.91 Å². The maximum absolute atomic E-state index is 12.3. The smallest absolute Gasteiger partial charge is 0.252 e. The molecule has 23 heavy (non-hydrogen) atoms. The third-order valence-electron chi connectivity index (χ3n) is 2.98. The Morgan fingerprint density at radius 2 is 1.78 bits per heavy atom. The number of carbonyl (C=O) groups excluding carboxylic acids is 1. The van der Waals surface area contributed by atoms with Crippen LogP contribution in [0.5, 0.6) is 11.5 Å². The molecule has 122 valence electrons. The monoisotopic (exact) mass is 428 g/mol. The lowest BCUT2D eigenvalue weighted by atomic mass is 10.2. The molecule has 0 radical (unpaired) electrons. The van der Waals surface area contributed by atoms with E-state index in [0.29, 0.717) is 36.1 Å². The van der Waals surface area contributed by atoms with E-state index in [9.17, 15) is 4.79 Å². The van der Waals surface area contributed by atoms with E-state index in [1.165, 1.54) is 7.11 Å². The van der Waals surface area contributed by atoms with Crippen molar-refractivity contribution in [3.8, 4) is 11.5 Å². The fraction of sp³-hybridized carbons (Fsp3) is 0.267. The molecule has 2 aromatic rings. The summed E-state index contributed by atoms with van der Waals surface area (Å²) in [4.78, 5) is 20.4. The van der Waals surface area contributed by atoms with E-state index in [-0.39, 0.29) is 5.91 Å². The first kappa shape index (κ1) is 17.3. The van der Waals surface area contributed by atoms with Crippen LogP contribution in [-0.4, -0.2) is 43.2 Å². The number of anilines is 1. The molecule has 0 atom stereocenters. The Balaban J connectivity index is 1.93. The van der Waals surface area contributed by atoms with E-state index < -0.39 is 0 Å². The number of nitrogens with one attached hydrogen (secondary N) is 2. The molecule has 0 fully saturated rings. The molecule has 0 spiro atoms. The van der Waals surface area contributed by atoms with Crippen molar-refractivity contribution in [2.45, 2.75) is 0 Å². The quantitative estimate of drug-likeness (QED) is 0.518. The number of hydrogen-bond acceptors (Lipinski definition) is 6. The fourth-order valence-corrected chi connectivity index (χ4v) is 2.55. The molecule has 1 heterocycles. The summed E-state index contributed by atoms with van der Waals surface area (Å²) < 4.78 is 11.2. The lowest BCUT2D eigenvalue weighted by molar-refractivity contribution is 0.0954. The van der Waals surface area contributed by atoms with Gasteiger partial charge in [0.1, 0.15) is 0 Å². The van der Waals surface area contributed by atoms with Crippen LogP contribution in [-0.2, 0) is 0 Å². The Morgan fingerprint density at radius 1 is 1.13 bits per heavy atom. The summed E-state index contributed by atoms with van der Waals surface area (Å²) in [5.74, 6) is 1.47. The van der Waals surface area contributed by atoms with E-state index in [4.69, 9.17) is 9.47 Å². The lowest BCUT2D eigenvalue weighted by Crippen LogP contribution is -2.29. The Morgan fingerprint density at radius 3 is 2.43 bits per heavy atom. The first-order chi connectivity index (χ1) is 11.2. The topological polar surface area (TPSA) is 85.4 Å². The maximum atomic E-state index is 12.3. The normalized spacial score (nSPS) is 10.0. The van der Waals surface area contributed by atoms with Gasteiger partial charge in [-0.1, -0.05) is 0 Å². The third-order valence-corrected chi connectivity index (χ3v) is 3.87. The zero-order valence-electron chi connectivity index (χ0n) is 12.8. The minimum Gasteiger partial charge on any atom is -0.493 e. The highest BCUT2D eigenvalue weighted by atomic mass is 127. The fourth-order valence-electron chi connectivity index (χ4n) is 1.86. The van der Waals surface area contributed by atoms with Gasteiger partial charge in [0.15, 0.2) is 11.5 Å². The highest BCUT2D eigenvalue weighted by Crippen LogP contribution is 2.31. The van der Waals surface area contributed by atoms with E-state index >= 15 is 0 Å². The van der Waals surface area contributed by atoms with Crippen molar-refractivity contribution in [1.29, 1.82) is 0 Å². The van der Waals surface area contributed by atoms with Crippen LogP contribution in [0, 0.1) is 3.57 Å². The molecule has 7 nitrogen and oxygen atoms in total. The van der Waals surface area contributed by atoms with E-state index in [1.807, 2.05) is 0 Å². The van der Waals surface area contributed by atoms with E-state index in [2.05, 4.69) is 43.2 Å². The molecule has 0 bridgehead atoms. The predicted molar refractivity (Wildman–Crippen MR) is 95.1 cm³/mol. The Kier molecular flexibility index (Phi) is 6.39. The minimum atomic E-state index is -0.175. The van der Waals surface area contributed by atoms with Crippen LogP contribution in [0.15, 0.2) is 30.6 Å². The van der Waals surface area contributed by atoms with Crippen LogP contribution in [0.1, 0.15) is 10.4 Å². The largest absolute Gasteiger partial charge is 0.493 e. The Hall–Kier alpha value is -2.10. The second-order valence-corrected chi connectivity index (χ2v) is 5.60. The number of carbonyl (C=O) groups is 1. The van der Waals surface area contributed by atoms with Crippen LogP contribution >= 0.6 is 22.6 Å². The zero-order valence-corrected chi connectivity index (χ0v) is 15.0. The van der Waals surface area contributed by atoms with Gasteiger partial charge in [-0.15, -0.1) is 0 Å². The summed E-state index contributed by atoms with van der Waals surface area (Å²) in [5.41, 5.74) is 0.541. The van der Waals surface area contributed by atoms with Crippen LogP contribution in [0.3, 0.4) is 0 Å². The molecule has 1 aromatic carbocycles. The van der Waals surface area contributed by atoms with Crippen LogP contribution in [0.2, 0.25) is 0 Å². The molecule has 0 unspecified atom stereocenters.